The van der Waals surface area contributed by atoms with Crippen LogP contribution < -0.4 is 14.8 Å². The number of carbonyl (C=O) groups is 3. The Morgan fingerprint density at radius 3 is 2.45 bits per heavy atom. The SMILES string of the molecule is COc1cc(C(=O)OCC(=O)Nc2ccc(Cl)c(Cl)c2)ccc1OCC(=O)N1CCOCC1. The minimum atomic E-state index is -0.728. The molecule has 1 aliphatic rings. The molecule has 9 nitrogen and oxygen atoms in total. The van der Waals surface area contributed by atoms with Gasteiger partial charge in [-0.1, -0.05) is 23.2 Å². The summed E-state index contributed by atoms with van der Waals surface area (Å²) in [5, 5.41) is 3.19. The highest BCUT2D eigenvalue weighted by atomic mass is 35.5. The Morgan fingerprint density at radius 1 is 1.00 bits per heavy atom. The zero-order valence-electron chi connectivity index (χ0n) is 17.8. The summed E-state index contributed by atoms with van der Waals surface area (Å²) in [6.07, 6.45) is 0. The summed E-state index contributed by atoms with van der Waals surface area (Å²) in [6, 6.07) is 8.95. The number of anilines is 1. The zero-order chi connectivity index (χ0) is 23.8. The van der Waals surface area contributed by atoms with Crippen LogP contribution >= 0.6 is 23.2 Å². The molecule has 2 aromatic rings. The van der Waals surface area contributed by atoms with E-state index in [0.29, 0.717) is 42.8 Å². The minimum absolute atomic E-state index is 0.154. The highest BCUT2D eigenvalue weighted by Crippen LogP contribution is 2.28. The Labute approximate surface area is 200 Å². The zero-order valence-corrected chi connectivity index (χ0v) is 19.3. The summed E-state index contributed by atoms with van der Waals surface area (Å²) in [6.45, 7) is 1.35. The summed E-state index contributed by atoms with van der Waals surface area (Å²) < 4.78 is 21.1. The van der Waals surface area contributed by atoms with Gasteiger partial charge in [-0.2, -0.15) is 0 Å². The standard InChI is InChI=1S/C22H22Cl2N2O7/c1-30-19-10-14(2-5-18(19)32-13-21(28)26-6-8-31-9-7-26)22(29)33-12-20(27)25-15-3-4-16(23)17(24)11-15/h2-5,10-11H,6-9,12-13H2,1H3,(H,25,27). The van der Waals surface area contributed by atoms with Crippen molar-refractivity contribution in [3.05, 3.63) is 52.0 Å². The lowest BCUT2D eigenvalue weighted by Crippen LogP contribution is -2.43. The van der Waals surface area contributed by atoms with Crippen LogP contribution in [0.5, 0.6) is 11.5 Å². The van der Waals surface area contributed by atoms with Crippen LogP contribution in [0.15, 0.2) is 36.4 Å². The monoisotopic (exact) mass is 496 g/mol. The van der Waals surface area contributed by atoms with Crippen molar-refractivity contribution in [2.24, 2.45) is 0 Å². The lowest BCUT2D eigenvalue weighted by atomic mass is 10.2. The maximum absolute atomic E-state index is 12.3. The second-order valence-electron chi connectivity index (χ2n) is 6.90. The largest absolute Gasteiger partial charge is 0.493 e. The number of benzene rings is 2. The van der Waals surface area contributed by atoms with Gasteiger partial charge in [0.2, 0.25) is 0 Å². The van der Waals surface area contributed by atoms with Crippen LogP contribution in [0.3, 0.4) is 0 Å². The first-order valence-electron chi connectivity index (χ1n) is 9.95. The highest BCUT2D eigenvalue weighted by Gasteiger charge is 2.19. The minimum Gasteiger partial charge on any atom is -0.493 e. The molecular formula is C22H22Cl2N2O7. The first-order chi connectivity index (χ1) is 15.9. The van der Waals surface area contributed by atoms with E-state index in [2.05, 4.69) is 5.32 Å². The predicted octanol–water partition coefficient (Wildman–Crippen LogP) is 3.04. The first-order valence-corrected chi connectivity index (χ1v) is 10.7. The van der Waals surface area contributed by atoms with Crippen molar-refractivity contribution in [1.82, 2.24) is 4.90 Å². The van der Waals surface area contributed by atoms with Crippen LogP contribution in [-0.4, -0.2) is 69.3 Å². The Bertz CT molecular complexity index is 1030. The van der Waals surface area contributed by atoms with Crippen molar-refractivity contribution in [3.63, 3.8) is 0 Å². The molecule has 11 heteroatoms. The number of esters is 1. The van der Waals surface area contributed by atoms with Crippen molar-refractivity contribution >= 4 is 46.7 Å². The second kappa shape index (κ2) is 11.7. The molecule has 1 N–H and O–H groups in total. The van der Waals surface area contributed by atoms with Gasteiger partial charge in [0.15, 0.2) is 24.7 Å². The molecule has 33 heavy (non-hydrogen) atoms. The number of halogens is 2. The lowest BCUT2D eigenvalue weighted by Gasteiger charge is -2.26. The molecule has 0 radical (unpaired) electrons. The first kappa shape index (κ1) is 24.6. The lowest BCUT2D eigenvalue weighted by molar-refractivity contribution is -0.137. The maximum atomic E-state index is 12.3. The van der Waals surface area contributed by atoms with Crippen molar-refractivity contribution in [2.75, 3.05) is 51.9 Å². The van der Waals surface area contributed by atoms with Crippen LogP contribution in [0, 0.1) is 0 Å². The summed E-state index contributed by atoms with van der Waals surface area (Å²) in [5.74, 6) is -0.895. The Hall–Kier alpha value is -3.01. The molecule has 2 amide bonds. The number of morpholine rings is 1. The number of rotatable bonds is 8. The van der Waals surface area contributed by atoms with E-state index in [1.54, 1.807) is 11.0 Å². The fraction of sp³-hybridized carbons (Fsp3) is 0.318. The Balaban J connectivity index is 1.53. The molecule has 1 fully saturated rings. The van der Waals surface area contributed by atoms with Gasteiger partial charge in [-0.25, -0.2) is 4.79 Å². The van der Waals surface area contributed by atoms with Crippen LogP contribution in [0.4, 0.5) is 5.69 Å². The number of carbonyl (C=O) groups excluding carboxylic acids is 3. The van der Waals surface area contributed by atoms with Gasteiger partial charge < -0.3 is 29.2 Å². The highest BCUT2D eigenvalue weighted by molar-refractivity contribution is 6.42. The Morgan fingerprint density at radius 2 is 1.76 bits per heavy atom. The predicted molar refractivity (Wildman–Crippen MR) is 121 cm³/mol. The number of ether oxygens (including phenoxy) is 4. The third-order valence-electron chi connectivity index (χ3n) is 4.65. The normalized spacial score (nSPS) is 13.2. The molecule has 1 saturated heterocycles. The third-order valence-corrected chi connectivity index (χ3v) is 5.39. The summed E-state index contributed by atoms with van der Waals surface area (Å²) in [5.41, 5.74) is 0.571. The molecule has 0 atom stereocenters. The molecule has 1 aliphatic heterocycles. The van der Waals surface area contributed by atoms with E-state index < -0.39 is 18.5 Å². The van der Waals surface area contributed by atoms with Crippen LogP contribution in [0.1, 0.15) is 10.4 Å². The van der Waals surface area contributed by atoms with Gasteiger partial charge in [0, 0.05) is 18.8 Å². The number of nitrogens with one attached hydrogen (secondary N) is 1. The van der Waals surface area contributed by atoms with Crippen molar-refractivity contribution in [2.45, 2.75) is 0 Å². The molecular weight excluding hydrogens is 475 g/mol. The van der Waals surface area contributed by atoms with Crippen molar-refractivity contribution in [3.8, 4) is 11.5 Å². The van der Waals surface area contributed by atoms with Gasteiger partial charge in [-0.15, -0.1) is 0 Å². The number of hydrogen-bond donors (Lipinski definition) is 1. The van der Waals surface area contributed by atoms with Crippen molar-refractivity contribution in [1.29, 1.82) is 0 Å². The number of amides is 2. The summed E-state index contributed by atoms with van der Waals surface area (Å²) in [4.78, 5) is 38.3. The Kier molecular flexibility index (Phi) is 8.76. The third kappa shape index (κ3) is 6.98. The topological polar surface area (TPSA) is 103 Å². The molecule has 2 aromatic carbocycles. The van der Waals surface area contributed by atoms with E-state index >= 15 is 0 Å². The smallest absolute Gasteiger partial charge is 0.338 e. The number of methoxy groups -OCH3 is 1. The molecule has 3 rings (SSSR count). The van der Waals surface area contributed by atoms with Crippen LogP contribution in [0.2, 0.25) is 10.0 Å². The molecule has 0 saturated carbocycles. The van der Waals surface area contributed by atoms with Gasteiger partial charge in [-0.05, 0) is 36.4 Å². The van der Waals surface area contributed by atoms with Gasteiger partial charge in [0.25, 0.3) is 11.8 Å². The molecule has 0 aliphatic carbocycles. The van der Waals surface area contributed by atoms with Gasteiger partial charge in [-0.3, -0.25) is 9.59 Å². The van der Waals surface area contributed by atoms with E-state index in [1.165, 1.54) is 37.4 Å². The van der Waals surface area contributed by atoms with Crippen molar-refractivity contribution < 1.29 is 33.3 Å². The fourth-order valence-electron chi connectivity index (χ4n) is 2.94. The van der Waals surface area contributed by atoms with E-state index in [-0.39, 0.29) is 28.8 Å². The quantitative estimate of drug-likeness (QED) is 0.560. The van der Waals surface area contributed by atoms with Gasteiger partial charge in [0.1, 0.15) is 0 Å². The van der Waals surface area contributed by atoms with Crippen LogP contribution in [-0.2, 0) is 19.1 Å². The second-order valence-corrected chi connectivity index (χ2v) is 7.72. The summed E-state index contributed by atoms with van der Waals surface area (Å²) >= 11 is 11.7. The van der Waals surface area contributed by atoms with E-state index in [0.717, 1.165) is 0 Å². The van der Waals surface area contributed by atoms with Gasteiger partial charge >= 0.3 is 5.97 Å². The molecule has 0 aromatic heterocycles. The van der Waals surface area contributed by atoms with E-state index in [4.69, 9.17) is 42.1 Å². The molecule has 0 spiro atoms. The van der Waals surface area contributed by atoms with E-state index in [1.807, 2.05) is 0 Å². The van der Waals surface area contributed by atoms with Crippen LogP contribution in [0.25, 0.3) is 0 Å². The average Bonchev–Trinajstić information content (AvgIpc) is 2.83. The van der Waals surface area contributed by atoms with E-state index in [9.17, 15) is 14.4 Å². The number of nitrogens with zero attached hydrogens (tertiary/aromatic N) is 1. The number of hydrogen-bond acceptors (Lipinski definition) is 7. The molecule has 0 bridgehead atoms. The summed E-state index contributed by atoms with van der Waals surface area (Å²) in [7, 11) is 1.41. The fourth-order valence-corrected chi connectivity index (χ4v) is 3.24. The molecule has 176 valence electrons. The molecule has 0 unspecified atom stereocenters. The molecule has 1 heterocycles. The van der Waals surface area contributed by atoms with Gasteiger partial charge in [0.05, 0.1) is 35.9 Å². The average molecular weight is 497 g/mol. The maximum Gasteiger partial charge on any atom is 0.338 e.